The normalized spacial score (nSPS) is 18.2. The Morgan fingerprint density at radius 2 is 2.06 bits per heavy atom. The molecule has 0 spiro atoms. The predicted molar refractivity (Wildman–Crippen MR) is 119 cm³/mol. The molecule has 0 saturated heterocycles. The monoisotopic (exact) mass is 456 g/mol. The van der Waals surface area contributed by atoms with Crippen molar-refractivity contribution in [1.82, 2.24) is 9.55 Å². The molecule has 0 amide bonds. The van der Waals surface area contributed by atoms with Crippen molar-refractivity contribution in [3.63, 3.8) is 0 Å². The number of fused-ring (bicyclic) bond motifs is 5. The molecule has 166 valence electrons. The molecular weight excluding hydrogens is 436 g/mol. The van der Waals surface area contributed by atoms with E-state index in [2.05, 4.69) is 0 Å². The van der Waals surface area contributed by atoms with Gasteiger partial charge >= 0.3 is 11.9 Å². The summed E-state index contributed by atoms with van der Waals surface area (Å²) >= 11 is 0. The van der Waals surface area contributed by atoms with Gasteiger partial charge in [0.2, 0.25) is 5.60 Å². The van der Waals surface area contributed by atoms with E-state index in [1.165, 1.54) is 0 Å². The molecule has 3 aromatic rings. The van der Waals surface area contributed by atoms with E-state index >= 15 is 0 Å². The van der Waals surface area contributed by atoms with Gasteiger partial charge in [0.1, 0.15) is 6.61 Å². The predicted octanol–water partition coefficient (Wildman–Crippen LogP) is 1.59. The summed E-state index contributed by atoms with van der Waals surface area (Å²) in [5, 5.41) is 0.877. The van der Waals surface area contributed by atoms with Crippen LogP contribution in [0.25, 0.3) is 22.3 Å². The maximum absolute atomic E-state index is 13.3. The lowest BCUT2D eigenvalue weighted by molar-refractivity contribution is -0.188. The molecule has 0 radical (unpaired) electrons. The fourth-order valence-electron chi connectivity index (χ4n) is 4.40. The summed E-state index contributed by atoms with van der Waals surface area (Å²) in [6, 6.07) is 9.09. The molecule has 32 heavy (non-hydrogen) atoms. The van der Waals surface area contributed by atoms with Crippen LogP contribution in [0, 0.1) is 0 Å². The van der Waals surface area contributed by atoms with Crippen LogP contribution in [0.5, 0.6) is 0 Å². The molecule has 1 atom stereocenters. The lowest BCUT2D eigenvalue weighted by Crippen LogP contribution is -2.48. The van der Waals surface area contributed by atoms with E-state index in [4.69, 9.17) is 25.9 Å². The molecule has 10 heteroatoms. The number of pyridine rings is 2. The highest BCUT2D eigenvalue weighted by Gasteiger charge is 2.50. The quantitative estimate of drug-likeness (QED) is 0.350. The van der Waals surface area contributed by atoms with Gasteiger partial charge in [-0.15, -0.1) is 12.4 Å². The number of carbonyl (C=O) groups excluding carboxylic acids is 2. The first-order valence-electron chi connectivity index (χ1n) is 9.94. The molecule has 0 bridgehead atoms. The number of hydrogen-bond acceptors (Lipinski definition) is 8. The lowest BCUT2D eigenvalue weighted by Gasteiger charge is -2.35. The molecule has 4 heterocycles. The van der Waals surface area contributed by atoms with Gasteiger partial charge in [-0.25, -0.2) is 9.78 Å². The summed E-state index contributed by atoms with van der Waals surface area (Å²) in [6.07, 6.45) is 0.102. The summed E-state index contributed by atoms with van der Waals surface area (Å²) in [5.41, 5.74) is 13.3. The number of anilines is 1. The van der Waals surface area contributed by atoms with Crippen molar-refractivity contribution in [1.29, 1.82) is 0 Å². The second-order valence-corrected chi connectivity index (χ2v) is 7.70. The van der Waals surface area contributed by atoms with Gasteiger partial charge in [-0.3, -0.25) is 9.59 Å². The molecule has 2 aliphatic rings. The van der Waals surface area contributed by atoms with Crippen LogP contribution in [0.15, 0.2) is 35.1 Å². The van der Waals surface area contributed by atoms with Gasteiger partial charge < -0.3 is 25.5 Å². The molecular formula is C22H21ClN4O5. The highest BCUT2D eigenvalue weighted by Crippen LogP contribution is 2.40. The van der Waals surface area contributed by atoms with Crippen LogP contribution >= 0.6 is 12.4 Å². The van der Waals surface area contributed by atoms with Gasteiger partial charge in [0.25, 0.3) is 5.56 Å². The second-order valence-electron chi connectivity index (χ2n) is 7.70. The number of aromatic nitrogens is 2. The summed E-state index contributed by atoms with van der Waals surface area (Å²) in [5.74, 6) is -1.47. The Balaban J connectivity index is 0.00000245. The Bertz CT molecular complexity index is 1350. The summed E-state index contributed by atoms with van der Waals surface area (Å²) in [6.45, 7) is 1.45. The first-order chi connectivity index (χ1) is 14.9. The standard InChI is InChI=1S/C22H20N4O5.ClH/c1-2-22(31-18(27)8-23)15-7-17-19-12(5-11-6-13(24)3-4-16(11)25-19)9-26(17)20(28)14(15)10-30-21(22)29;/h3-7H,2,8-10,23-24H2,1H3;1H. The van der Waals surface area contributed by atoms with Gasteiger partial charge in [-0.05, 0) is 36.8 Å². The SMILES string of the molecule is CCC1(OC(=O)CN)C(=O)OCc2c1cc1n(c2=O)Cc2cc3cc(N)ccc3nc2-1.Cl. The number of rotatable bonds is 3. The number of carbonyl (C=O) groups is 2. The van der Waals surface area contributed by atoms with Crippen molar-refractivity contribution < 1.29 is 19.1 Å². The lowest BCUT2D eigenvalue weighted by atomic mass is 9.85. The average molecular weight is 457 g/mol. The van der Waals surface area contributed by atoms with Gasteiger partial charge in [-0.1, -0.05) is 6.92 Å². The molecule has 2 aromatic heterocycles. The molecule has 0 aliphatic carbocycles. The fourth-order valence-corrected chi connectivity index (χ4v) is 4.40. The first-order valence-corrected chi connectivity index (χ1v) is 9.94. The molecule has 0 fully saturated rings. The topological polar surface area (TPSA) is 140 Å². The number of nitrogens with zero attached hydrogens (tertiary/aromatic N) is 2. The number of nitrogen functional groups attached to an aromatic ring is 1. The van der Waals surface area contributed by atoms with Crippen molar-refractivity contribution in [2.24, 2.45) is 5.73 Å². The molecule has 2 aliphatic heterocycles. The zero-order valence-electron chi connectivity index (χ0n) is 17.2. The van der Waals surface area contributed by atoms with Crippen molar-refractivity contribution in [2.75, 3.05) is 12.3 Å². The Kier molecular flexibility index (Phi) is 5.18. The molecule has 1 unspecified atom stereocenters. The van der Waals surface area contributed by atoms with Crippen molar-refractivity contribution in [2.45, 2.75) is 32.1 Å². The fraction of sp³-hybridized carbons (Fsp3) is 0.273. The number of benzene rings is 1. The van der Waals surface area contributed by atoms with Gasteiger partial charge in [0.05, 0.1) is 35.6 Å². The second kappa shape index (κ2) is 7.61. The maximum atomic E-state index is 13.3. The maximum Gasteiger partial charge on any atom is 0.355 e. The average Bonchev–Trinajstić information content (AvgIpc) is 3.12. The minimum atomic E-state index is -1.72. The molecule has 0 saturated carbocycles. The molecule has 4 N–H and O–H groups in total. The van der Waals surface area contributed by atoms with E-state index in [1.54, 1.807) is 23.6 Å². The number of nitrogens with two attached hydrogens (primary N) is 2. The van der Waals surface area contributed by atoms with Crippen molar-refractivity contribution >= 4 is 40.9 Å². The Morgan fingerprint density at radius 3 is 2.78 bits per heavy atom. The van der Waals surface area contributed by atoms with Crippen LogP contribution in [0.4, 0.5) is 5.69 Å². The minimum absolute atomic E-state index is 0. The minimum Gasteiger partial charge on any atom is -0.457 e. The number of cyclic esters (lactones) is 1. The van der Waals surface area contributed by atoms with Crippen molar-refractivity contribution in [3.05, 3.63) is 57.4 Å². The Hall–Kier alpha value is -3.43. The van der Waals surface area contributed by atoms with Crippen molar-refractivity contribution in [3.8, 4) is 11.4 Å². The number of ether oxygens (including phenoxy) is 2. The Morgan fingerprint density at radius 1 is 1.28 bits per heavy atom. The third kappa shape index (κ3) is 2.96. The van der Waals surface area contributed by atoms with Crippen LogP contribution in [0.2, 0.25) is 0 Å². The summed E-state index contributed by atoms with van der Waals surface area (Å²) < 4.78 is 12.3. The first kappa shape index (κ1) is 21.8. The van der Waals surface area contributed by atoms with Gasteiger partial charge in [-0.2, -0.15) is 0 Å². The third-order valence-electron chi connectivity index (χ3n) is 5.95. The van der Waals surface area contributed by atoms with E-state index in [1.807, 2.05) is 18.2 Å². The van der Waals surface area contributed by atoms with E-state index in [-0.39, 0.29) is 36.6 Å². The zero-order valence-corrected chi connectivity index (χ0v) is 18.0. The van der Waals surface area contributed by atoms with Crippen LogP contribution < -0.4 is 17.0 Å². The van der Waals surface area contributed by atoms with Crippen LogP contribution in [-0.2, 0) is 37.8 Å². The van der Waals surface area contributed by atoms with E-state index in [0.717, 1.165) is 16.5 Å². The van der Waals surface area contributed by atoms with E-state index in [9.17, 15) is 14.4 Å². The molecule has 9 nitrogen and oxygen atoms in total. The van der Waals surface area contributed by atoms with E-state index < -0.39 is 24.1 Å². The largest absolute Gasteiger partial charge is 0.457 e. The molecule has 1 aromatic carbocycles. The van der Waals surface area contributed by atoms with Gasteiger partial charge in [0.15, 0.2) is 0 Å². The van der Waals surface area contributed by atoms with Gasteiger partial charge in [0, 0.05) is 22.2 Å². The van der Waals surface area contributed by atoms with Crippen LogP contribution in [0.1, 0.15) is 30.0 Å². The van der Waals surface area contributed by atoms with Crippen LogP contribution in [0.3, 0.4) is 0 Å². The molecule has 5 rings (SSSR count). The third-order valence-corrected chi connectivity index (χ3v) is 5.95. The zero-order chi connectivity index (χ0) is 21.9. The summed E-state index contributed by atoms with van der Waals surface area (Å²) in [7, 11) is 0. The highest BCUT2D eigenvalue weighted by molar-refractivity contribution is 5.89. The highest BCUT2D eigenvalue weighted by atomic mass is 35.5. The smallest absolute Gasteiger partial charge is 0.355 e. The number of hydrogen-bond donors (Lipinski definition) is 2. The number of halogens is 1. The Labute approximate surface area is 188 Å². The number of esters is 2. The van der Waals surface area contributed by atoms with E-state index in [0.29, 0.717) is 29.2 Å². The summed E-state index contributed by atoms with van der Waals surface area (Å²) in [4.78, 5) is 42.9. The van der Waals surface area contributed by atoms with Crippen LogP contribution in [-0.4, -0.2) is 28.0 Å².